The van der Waals surface area contributed by atoms with Crippen molar-refractivity contribution in [3.63, 3.8) is 0 Å². The van der Waals surface area contributed by atoms with Crippen LogP contribution >= 0.6 is 0 Å². The van der Waals surface area contributed by atoms with Crippen LogP contribution in [-0.2, 0) is 7.05 Å². The second kappa shape index (κ2) is 7.03. The van der Waals surface area contributed by atoms with Crippen LogP contribution in [0.15, 0.2) is 29.2 Å². The number of carboxylic acid groups (broad SMARTS) is 1. The molecule has 2 aromatic heterocycles. The van der Waals surface area contributed by atoms with E-state index in [-0.39, 0.29) is 16.8 Å². The molecular formula is C21H22FN5O3. The van der Waals surface area contributed by atoms with Gasteiger partial charge in [0.05, 0.1) is 16.6 Å². The highest BCUT2D eigenvalue weighted by atomic mass is 19.1. The van der Waals surface area contributed by atoms with Crippen LogP contribution < -0.4 is 15.6 Å². The molecule has 0 saturated carbocycles. The number of aryl methyl sites for hydroxylation is 1. The van der Waals surface area contributed by atoms with E-state index in [1.54, 1.807) is 13.1 Å². The highest BCUT2D eigenvalue weighted by Crippen LogP contribution is 2.31. The number of anilines is 1. The van der Waals surface area contributed by atoms with Crippen molar-refractivity contribution in [1.82, 2.24) is 19.8 Å². The number of halogens is 1. The monoisotopic (exact) mass is 411 g/mol. The molecule has 4 heterocycles. The average molecular weight is 411 g/mol. The summed E-state index contributed by atoms with van der Waals surface area (Å²) in [5.41, 5.74) is 0.506. The van der Waals surface area contributed by atoms with E-state index < -0.39 is 11.4 Å². The highest BCUT2D eigenvalue weighted by Gasteiger charge is 2.33. The summed E-state index contributed by atoms with van der Waals surface area (Å²) in [6, 6.07) is 5.05. The molecular weight excluding hydrogens is 389 g/mol. The number of aromatic nitrogens is 2. The third-order valence-electron chi connectivity index (χ3n) is 6.11. The van der Waals surface area contributed by atoms with E-state index in [4.69, 9.17) is 0 Å². The van der Waals surface area contributed by atoms with Crippen LogP contribution in [0.5, 0.6) is 0 Å². The normalized spacial score (nSPS) is 18.1. The first-order valence-electron chi connectivity index (χ1n) is 9.99. The van der Waals surface area contributed by atoms with E-state index in [9.17, 15) is 19.1 Å². The molecule has 0 amide bonds. The predicted octanol–water partition coefficient (Wildman–Crippen LogP) is 1.02. The van der Waals surface area contributed by atoms with Gasteiger partial charge < -0.3 is 19.9 Å². The van der Waals surface area contributed by atoms with Crippen molar-refractivity contribution in [1.29, 1.82) is 0 Å². The zero-order chi connectivity index (χ0) is 21.0. The molecule has 5 rings (SSSR count). The molecule has 8 nitrogen and oxygen atoms in total. The number of piperazine rings is 1. The van der Waals surface area contributed by atoms with Gasteiger partial charge in [-0.2, -0.15) is 0 Å². The fraction of sp³-hybridized carbons (Fsp3) is 0.381. The minimum atomic E-state index is -1.30. The van der Waals surface area contributed by atoms with Crippen LogP contribution in [0, 0.1) is 5.82 Å². The summed E-state index contributed by atoms with van der Waals surface area (Å²) in [4.78, 5) is 32.9. The van der Waals surface area contributed by atoms with Gasteiger partial charge in [0.1, 0.15) is 17.0 Å². The van der Waals surface area contributed by atoms with Crippen LogP contribution in [0.3, 0.4) is 0 Å². The molecule has 0 bridgehead atoms. The van der Waals surface area contributed by atoms with Gasteiger partial charge in [-0.3, -0.25) is 9.69 Å². The Morgan fingerprint density at radius 1 is 1.23 bits per heavy atom. The lowest BCUT2D eigenvalue weighted by Gasteiger charge is -2.48. The number of fused-ring (bicyclic) bond motifs is 2. The van der Waals surface area contributed by atoms with Crippen LogP contribution in [0.25, 0.3) is 21.9 Å². The summed E-state index contributed by atoms with van der Waals surface area (Å²) in [6.07, 6.45) is 1.27. The number of nitrogens with zero attached hydrogens (tertiary/aromatic N) is 4. The molecule has 2 saturated heterocycles. The third kappa shape index (κ3) is 3.01. The fourth-order valence-electron chi connectivity index (χ4n) is 4.39. The summed E-state index contributed by atoms with van der Waals surface area (Å²) < 4.78 is 16.4. The number of benzene rings is 1. The maximum atomic E-state index is 14.9. The largest absolute Gasteiger partial charge is 0.477 e. The van der Waals surface area contributed by atoms with E-state index in [1.807, 2.05) is 4.90 Å². The Kier molecular flexibility index (Phi) is 4.44. The van der Waals surface area contributed by atoms with Crippen LogP contribution in [0.1, 0.15) is 10.4 Å². The average Bonchev–Trinajstić information content (AvgIpc) is 2.69. The zero-order valence-corrected chi connectivity index (χ0v) is 16.6. The number of nitrogens with one attached hydrogen (secondary N) is 1. The second-order valence-corrected chi connectivity index (χ2v) is 7.99. The Bertz CT molecular complexity index is 1230. The van der Waals surface area contributed by atoms with Crippen molar-refractivity contribution in [3.05, 3.63) is 46.0 Å². The molecule has 0 radical (unpaired) electrons. The lowest BCUT2D eigenvalue weighted by Crippen LogP contribution is -2.63. The van der Waals surface area contributed by atoms with Gasteiger partial charge in [0.15, 0.2) is 0 Å². The Morgan fingerprint density at radius 2 is 1.97 bits per heavy atom. The van der Waals surface area contributed by atoms with Gasteiger partial charge in [-0.15, -0.1) is 0 Å². The molecule has 0 unspecified atom stereocenters. The molecule has 2 fully saturated rings. The minimum Gasteiger partial charge on any atom is -0.477 e. The first kappa shape index (κ1) is 19.0. The first-order chi connectivity index (χ1) is 14.4. The minimum absolute atomic E-state index is 0.166. The SMILES string of the molecule is Cn1cc(C(=O)O)c(=O)c2cc3cc(F)c(N4CC(N5CCNCC5)C4)cc3nc21. The molecule has 156 valence electrons. The molecule has 0 spiro atoms. The Morgan fingerprint density at radius 3 is 2.67 bits per heavy atom. The number of hydrogen-bond acceptors (Lipinski definition) is 6. The molecule has 9 heteroatoms. The van der Waals surface area contributed by atoms with Crippen molar-refractivity contribution in [3.8, 4) is 0 Å². The quantitative estimate of drug-likeness (QED) is 0.622. The van der Waals surface area contributed by atoms with E-state index in [1.165, 1.54) is 22.9 Å². The highest BCUT2D eigenvalue weighted by molar-refractivity contribution is 5.96. The summed E-state index contributed by atoms with van der Waals surface area (Å²) in [6.45, 7) is 5.55. The molecule has 1 aromatic carbocycles. The molecule has 2 aliphatic heterocycles. The van der Waals surface area contributed by atoms with Crippen LogP contribution in [0.2, 0.25) is 0 Å². The summed E-state index contributed by atoms with van der Waals surface area (Å²) in [5, 5.41) is 13.2. The number of rotatable bonds is 3. The van der Waals surface area contributed by atoms with E-state index in [0.717, 1.165) is 39.3 Å². The van der Waals surface area contributed by atoms with Gasteiger partial charge in [-0.05, 0) is 18.2 Å². The Hall–Kier alpha value is -3.04. The smallest absolute Gasteiger partial charge is 0.341 e. The summed E-state index contributed by atoms with van der Waals surface area (Å²) in [7, 11) is 1.64. The van der Waals surface area contributed by atoms with E-state index in [0.29, 0.717) is 28.3 Å². The van der Waals surface area contributed by atoms with Crippen molar-refractivity contribution >= 4 is 33.6 Å². The number of carboxylic acids is 1. The number of aromatic carboxylic acids is 1. The van der Waals surface area contributed by atoms with Crippen molar-refractivity contribution < 1.29 is 14.3 Å². The van der Waals surface area contributed by atoms with Gasteiger partial charge in [-0.1, -0.05) is 0 Å². The summed E-state index contributed by atoms with van der Waals surface area (Å²) >= 11 is 0. The molecule has 3 aromatic rings. The number of pyridine rings is 2. The molecule has 2 aliphatic rings. The van der Waals surface area contributed by atoms with Gasteiger partial charge in [0.25, 0.3) is 0 Å². The number of hydrogen-bond donors (Lipinski definition) is 2. The second-order valence-electron chi connectivity index (χ2n) is 7.99. The molecule has 30 heavy (non-hydrogen) atoms. The van der Waals surface area contributed by atoms with Gasteiger partial charge in [0.2, 0.25) is 5.43 Å². The maximum absolute atomic E-state index is 14.9. The Labute approximate surface area is 171 Å². The molecule has 0 atom stereocenters. The third-order valence-corrected chi connectivity index (χ3v) is 6.11. The summed E-state index contributed by atoms with van der Waals surface area (Å²) in [5.74, 6) is -1.66. The lowest BCUT2D eigenvalue weighted by molar-refractivity contribution is 0.0695. The topological polar surface area (TPSA) is 90.7 Å². The fourth-order valence-corrected chi connectivity index (χ4v) is 4.39. The van der Waals surface area contributed by atoms with Gasteiger partial charge >= 0.3 is 5.97 Å². The van der Waals surface area contributed by atoms with Crippen molar-refractivity contribution in [2.75, 3.05) is 44.2 Å². The predicted molar refractivity (Wildman–Crippen MR) is 112 cm³/mol. The van der Waals surface area contributed by atoms with E-state index >= 15 is 0 Å². The van der Waals surface area contributed by atoms with Gasteiger partial charge in [-0.25, -0.2) is 14.2 Å². The number of carbonyl (C=O) groups is 1. The molecule has 0 aliphatic carbocycles. The zero-order valence-electron chi connectivity index (χ0n) is 16.6. The molecule has 2 N–H and O–H groups in total. The lowest BCUT2D eigenvalue weighted by atomic mass is 10.0. The van der Waals surface area contributed by atoms with Crippen molar-refractivity contribution in [2.24, 2.45) is 7.05 Å². The van der Waals surface area contributed by atoms with Crippen LogP contribution in [-0.4, -0.2) is 70.8 Å². The van der Waals surface area contributed by atoms with Gasteiger partial charge in [0, 0.05) is 63.9 Å². The standard InChI is InChI=1S/C21H22FN5O3/c1-25-11-15(21(29)30)19(28)14-6-12-7-16(22)18(8-17(12)24-20(14)25)27-9-13(10-27)26-4-2-23-3-5-26/h6-8,11,13,23H,2-5,9-10H2,1H3,(H,29,30). The van der Waals surface area contributed by atoms with Crippen molar-refractivity contribution in [2.45, 2.75) is 6.04 Å². The maximum Gasteiger partial charge on any atom is 0.341 e. The van der Waals surface area contributed by atoms with Crippen LogP contribution in [0.4, 0.5) is 10.1 Å². The van der Waals surface area contributed by atoms with E-state index in [2.05, 4.69) is 15.2 Å². The Balaban J connectivity index is 1.51. The first-order valence-corrected chi connectivity index (χ1v) is 9.99.